The second-order valence-electron chi connectivity index (χ2n) is 5.96. The summed E-state index contributed by atoms with van der Waals surface area (Å²) in [5.41, 5.74) is 2.93. The molecule has 0 saturated heterocycles. The number of rotatable bonds is 5. The summed E-state index contributed by atoms with van der Waals surface area (Å²) in [7, 11) is 0. The molecule has 0 radical (unpaired) electrons. The maximum absolute atomic E-state index is 12.4. The first-order valence-electron chi connectivity index (χ1n) is 8.35. The Kier molecular flexibility index (Phi) is 4.98. The number of ether oxygens (including phenoxy) is 2. The van der Waals surface area contributed by atoms with Crippen molar-refractivity contribution in [2.75, 3.05) is 6.61 Å². The van der Waals surface area contributed by atoms with Gasteiger partial charge in [-0.05, 0) is 31.1 Å². The second-order valence-corrected chi connectivity index (χ2v) is 5.96. The number of carbonyl (C=O) groups is 2. The molecule has 0 spiro atoms. The Morgan fingerprint density at radius 1 is 1.12 bits per heavy atom. The van der Waals surface area contributed by atoms with E-state index in [0.29, 0.717) is 11.1 Å². The second kappa shape index (κ2) is 7.34. The molecule has 1 heterocycles. The maximum Gasteiger partial charge on any atom is 0.338 e. The van der Waals surface area contributed by atoms with E-state index < -0.39 is 12.1 Å². The van der Waals surface area contributed by atoms with E-state index in [1.165, 1.54) is 0 Å². The molecular weight excluding hydrogens is 316 g/mol. The van der Waals surface area contributed by atoms with Crippen LogP contribution in [0.1, 0.15) is 35.3 Å². The minimum Gasteiger partial charge on any atom is -0.488 e. The highest BCUT2D eigenvalue weighted by Crippen LogP contribution is 2.26. The highest BCUT2D eigenvalue weighted by Gasteiger charge is 2.24. The number of ketones is 1. The SMILES string of the molecule is CCc1ccc(C(=O)[C@@H](C)OC(=O)C2=Cc3ccccc3OC2)cc1. The van der Waals surface area contributed by atoms with Crippen molar-refractivity contribution in [1.82, 2.24) is 0 Å². The Balaban J connectivity index is 1.68. The van der Waals surface area contributed by atoms with E-state index in [1.807, 2.05) is 36.4 Å². The predicted molar refractivity (Wildman–Crippen MR) is 95.6 cm³/mol. The van der Waals surface area contributed by atoms with Gasteiger partial charge in [0.2, 0.25) is 5.78 Å². The number of fused-ring (bicyclic) bond motifs is 1. The van der Waals surface area contributed by atoms with Crippen LogP contribution in [0.5, 0.6) is 5.75 Å². The Bertz CT molecular complexity index is 818. The molecular formula is C21H20O4. The van der Waals surface area contributed by atoms with Gasteiger partial charge in [0.25, 0.3) is 0 Å². The molecule has 0 unspecified atom stereocenters. The van der Waals surface area contributed by atoms with Gasteiger partial charge in [-0.3, -0.25) is 4.79 Å². The van der Waals surface area contributed by atoms with Crippen molar-refractivity contribution in [2.24, 2.45) is 0 Å². The topological polar surface area (TPSA) is 52.6 Å². The average Bonchev–Trinajstić information content (AvgIpc) is 2.67. The summed E-state index contributed by atoms with van der Waals surface area (Å²) >= 11 is 0. The number of aryl methyl sites for hydroxylation is 1. The molecule has 2 aromatic carbocycles. The number of carbonyl (C=O) groups excluding carboxylic acids is 2. The summed E-state index contributed by atoms with van der Waals surface area (Å²) in [5, 5.41) is 0. The van der Waals surface area contributed by atoms with Crippen LogP contribution in [0.25, 0.3) is 6.08 Å². The van der Waals surface area contributed by atoms with Crippen molar-refractivity contribution in [2.45, 2.75) is 26.4 Å². The third-order valence-corrected chi connectivity index (χ3v) is 4.19. The van der Waals surface area contributed by atoms with Gasteiger partial charge < -0.3 is 9.47 Å². The van der Waals surface area contributed by atoms with Gasteiger partial charge in [-0.25, -0.2) is 4.79 Å². The fourth-order valence-electron chi connectivity index (χ4n) is 2.66. The normalized spacial score (nSPS) is 13.9. The van der Waals surface area contributed by atoms with Gasteiger partial charge in [-0.2, -0.15) is 0 Å². The molecule has 0 fully saturated rings. The first kappa shape index (κ1) is 17.0. The summed E-state index contributed by atoms with van der Waals surface area (Å²) in [6.45, 7) is 3.79. The van der Waals surface area contributed by atoms with Crippen molar-refractivity contribution < 1.29 is 19.1 Å². The van der Waals surface area contributed by atoms with Crippen molar-refractivity contribution >= 4 is 17.8 Å². The number of hydrogen-bond acceptors (Lipinski definition) is 4. The van der Waals surface area contributed by atoms with Crippen LogP contribution >= 0.6 is 0 Å². The van der Waals surface area contributed by atoms with Crippen molar-refractivity contribution in [3.8, 4) is 5.75 Å². The molecule has 0 aliphatic carbocycles. The van der Waals surface area contributed by atoms with E-state index in [-0.39, 0.29) is 12.4 Å². The lowest BCUT2D eigenvalue weighted by Gasteiger charge is -2.18. The fourth-order valence-corrected chi connectivity index (χ4v) is 2.66. The molecule has 0 aromatic heterocycles. The molecule has 4 heteroatoms. The van der Waals surface area contributed by atoms with Crippen LogP contribution in [0.3, 0.4) is 0 Å². The molecule has 1 atom stereocenters. The van der Waals surface area contributed by atoms with Crippen LogP contribution in [0.4, 0.5) is 0 Å². The van der Waals surface area contributed by atoms with E-state index in [1.54, 1.807) is 25.1 Å². The van der Waals surface area contributed by atoms with E-state index in [0.717, 1.165) is 23.3 Å². The maximum atomic E-state index is 12.4. The third kappa shape index (κ3) is 3.79. The molecule has 2 aromatic rings. The molecule has 25 heavy (non-hydrogen) atoms. The van der Waals surface area contributed by atoms with Crippen LogP contribution in [-0.2, 0) is 16.0 Å². The number of benzene rings is 2. The molecule has 128 valence electrons. The quantitative estimate of drug-likeness (QED) is 0.615. The summed E-state index contributed by atoms with van der Waals surface area (Å²) < 4.78 is 10.9. The summed E-state index contributed by atoms with van der Waals surface area (Å²) in [6.07, 6.45) is 1.81. The van der Waals surface area contributed by atoms with E-state index in [9.17, 15) is 9.59 Å². The minimum atomic E-state index is -0.849. The standard InChI is InChI=1S/C21H20O4/c1-3-15-8-10-16(11-9-15)20(22)14(2)25-21(23)18-12-17-6-4-5-7-19(17)24-13-18/h4-12,14H,3,13H2,1-2H3/t14-/m1/s1. The van der Waals surface area contributed by atoms with Crippen LogP contribution in [0, 0.1) is 0 Å². The van der Waals surface area contributed by atoms with Crippen molar-refractivity contribution in [3.05, 3.63) is 70.8 Å². The smallest absolute Gasteiger partial charge is 0.338 e. The first-order chi connectivity index (χ1) is 12.1. The van der Waals surface area contributed by atoms with Crippen LogP contribution in [0.15, 0.2) is 54.1 Å². The number of Topliss-reactive ketones (excluding diaryl/α,β-unsaturated/α-hetero) is 1. The van der Waals surface area contributed by atoms with Gasteiger partial charge >= 0.3 is 5.97 Å². The lowest BCUT2D eigenvalue weighted by molar-refractivity contribution is -0.141. The van der Waals surface area contributed by atoms with Gasteiger partial charge in [0.1, 0.15) is 12.4 Å². The predicted octanol–water partition coefficient (Wildman–Crippen LogP) is 3.84. The Morgan fingerprint density at radius 2 is 1.84 bits per heavy atom. The Morgan fingerprint density at radius 3 is 2.56 bits per heavy atom. The van der Waals surface area contributed by atoms with Crippen molar-refractivity contribution in [3.63, 3.8) is 0 Å². The number of para-hydroxylation sites is 1. The summed E-state index contributed by atoms with van der Waals surface area (Å²) in [6, 6.07) is 14.8. The fraction of sp³-hybridized carbons (Fsp3) is 0.238. The molecule has 1 aliphatic rings. The van der Waals surface area contributed by atoms with Crippen LogP contribution < -0.4 is 4.74 Å². The minimum absolute atomic E-state index is 0.141. The molecule has 3 rings (SSSR count). The van der Waals surface area contributed by atoms with E-state index >= 15 is 0 Å². The zero-order chi connectivity index (χ0) is 17.8. The largest absolute Gasteiger partial charge is 0.488 e. The first-order valence-corrected chi connectivity index (χ1v) is 8.35. The van der Waals surface area contributed by atoms with E-state index in [4.69, 9.17) is 9.47 Å². The monoisotopic (exact) mass is 336 g/mol. The highest BCUT2D eigenvalue weighted by atomic mass is 16.5. The summed E-state index contributed by atoms with van der Waals surface area (Å²) in [4.78, 5) is 24.8. The molecule has 0 amide bonds. The molecule has 0 saturated carbocycles. The molecule has 4 nitrogen and oxygen atoms in total. The van der Waals surface area contributed by atoms with Crippen LogP contribution in [0.2, 0.25) is 0 Å². The van der Waals surface area contributed by atoms with Gasteiger partial charge in [-0.15, -0.1) is 0 Å². The summed E-state index contributed by atoms with van der Waals surface area (Å²) in [5.74, 6) is -0.00606. The average molecular weight is 336 g/mol. The van der Waals surface area contributed by atoms with Gasteiger partial charge in [-0.1, -0.05) is 49.4 Å². The van der Waals surface area contributed by atoms with Gasteiger partial charge in [0.05, 0.1) is 5.57 Å². The number of esters is 1. The lowest BCUT2D eigenvalue weighted by atomic mass is 10.0. The Hall–Kier alpha value is -2.88. The molecule has 0 bridgehead atoms. The van der Waals surface area contributed by atoms with Gasteiger partial charge in [0.15, 0.2) is 6.10 Å². The Labute approximate surface area is 147 Å². The van der Waals surface area contributed by atoms with Gasteiger partial charge in [0, 0.05) is 11.1 Å². The molecule has 1 aliphatic heterocycles. The highest BCUT2D eigenvalue weighted by molar-refractivity contribution is 6.02. The van der Waals surface area contributed by atoms with Crippen molar-refractivity contribution in [1.29, 1.82) is 0 Å². The number of hydrogen-bond donors (Lipinski definition) is 0. The third-order valence-electron chi connectivity index (χ3n) is 4.19. The lowest BCUT2D eigenvalue weighted by Crippen LogP contribution is -2.27. The van der Waals surface area contributed by atoms with E-state index in [2.05, 4.69) is 6.92 Å². The zero-order valence-corrected chi connectivity index (χ0v) is 14.3. The zero-order valence-electron chi connectivity index (χ0n) is 14.3. The van der Waals surface area contributed by atoms with Crippen LogP contribution in [-0.4, -0.2) is 24.5 Å². The molecule has 0 N–H and O–H groups in total.